The maximum Gasteiger partial charge on any atom is 0.223 e. The number of pyridine rings is 1. The summed E-state index contributed by atoms with van der Waals surface area (Å²) in [5, 5.41) is 5.01. The molecule has 2 N–H and O–H groups in total. The Labute approximate surface area is 112 Å². The monoisotopic (exact) mass is 283 g/mol. The van der Waals surface area contributed by atoms with Crippen molar-refractivity contribution in [1.82, 2.24) is 9.88 Å². The molecule has 0 spiro atoms. The molecule has 1 aromatic rings. The number of hydrogen-bond acceptors (Lipinski definition) is 4. The van der Waals surface area contributed by atoms with Gasteiger partial charge in [0.15, 0.2) is 0 Å². The van der Waals surface area contributed by atoms with Crippen LogP contribution in [0.1, 0.15) is 17.8 Å². The van der Waals surface area contributed by atoms with Crippen molar-refractivity contribution in [3.8, 4) is 0 Å². The molecule has 1 aliphatic rings. The van der Waals surface area contributed by atoms with Crippen molar-refractivity contribution in [3.63, 3.8) is 0 Å². The standard InChI is InChI=1S/C12H17N3O3S/c1-9-3-2-4-11(14-9)7-15-6-10(5-12(15)16)8-19(13,17)18/h2-4,10H,5-8H2,1H3,(H2,13,17,18). The number of likely N-dealkylation sites (tertiary alicyclic amines) is 1. The van der Waals surface area contributed by atoms with E-state index < -0.39 is 10.0 Å². The number of aryl methyl sites for hydroxylation is 1. The Bertz CT molecular complexity index is 586. The van der Waals surface area contributed by atoms with Gasteiger partial charge in [0.1, 0.15) is 0 Å². The Morgan fingerprint density at radius 2 is 2.21 bits per heavy atom. The number of nitrogens with two attached hydrogens (primary N) is 1. The van der Waals surface area contributed by atoms with E-state index in [-0.39, 0.29) is 24.0 Å². The van der Waals surface area contributed by atoms with Crippen LogP contribution >= 0.6 is 0 Å². The molecule has 1 aliphatic heterocycles. The highest BCUT2D eigenvalue weighted by molar-refractivity contribution is 7.89. The second-order valence-electron chi connectivity index (χ2n) is 4.94. The summed E-state index contributed by atoms with van der Waals surface area (Å²) < 4.78 is 22.1. The SMILES string of the molecule is Cc1cccc(CN2CC(CS(N)(=O)=O)CC2=O)n1. The maximum atomic E-state index is 11.8. The maximum absolute atomic E-state index is 11.8. The molecule has 104 valence electrons. The molecule has 0 bridgehead atoms. The van der Waals surface area contributed by atoms with Crippen LogP contribution in [-0.2, 0) is 21.4 Å². The zero-order valence-corrected chi connectivity index (χ0v) is 11.6. The molecule has 1 amide bonds. The summed E-state index contributed by atoms with van der Waals surface area (Å²) in [6.07, 6.45) is 0.238. The molecule has 7 heteroatoms. The Hall–Kier alpha value is -1.47. The lowest BCUT2D eigenvalue weighted by molar-refractivity contribution is -0.128. The Balaban J connectivity index is 2.01. The minimum Gasteiger partial charge on any atom is -0.336 e. The number of aromatic nitrogens is 1. The van der Waals surface area contributed by atoms with E-state index in [0.717, 1.165) is 11.4 Å². The van der Waals surface area contributed by atoms with Gasteiger partial charge in [-0.05, 0) is 19.1 Å². The van der Waals surface area contributed by atoms with Crippen molar-refractivity contribution in [1.29, 1.82) is 0 Å². The van der Waals surface area contributed by atoms with Gasteiger partial charge in [0.05, 0.1) is 18.0 Å². The molecule has 6 nitrogen and oxygen atoms in total. The lowest BCUT2D eigenvalue weighted by Gasteiger charge is -2.16. The fourth-order valence-electron chi connectivity index (χ4n) is 2.33. The van der Waals surface area contributed by atoms with E-state index in [0.29, 0.717) is 13.1 Å². The predicted octanol–water partition coefficient (Wildman–Crippen LogP) is 0.0270. The fraction of sp³-hybridized carbons (Fsp3) is 0.500. The number of carbonyl (C=O) groups excluding carboxylic acids is 1. The van der Waals surface area contributed by atoms with Gasteiger partial charge in [-0.15, -0.1) is 0 Å². The highest BCUT2D eigenvalue weighted by atomic mass is 32.2. The van der Waals surface area contributed by atoms with E-state index >= 15 is 0 Å². The van der Waals surface area contributed by atoms with Crippen LogP contribution in [0.4, 0.5) is 0 Å². The molecule has 1 aromatic heterocycles. The minimum atomic E-state index is -3.53. The second-order valence-corrected chi connectivity index (χ2v) is 6.60. The molecule has 0 saturated carbocycles. The van der Waals surface area contributed by atoms with E-state index in [4.69, 9.17) is 5.14 Å². The summed E-state index contributed by atoms with van der Waals surface area (Å²) in [5.74, 6) is -0.402. The molecule has 0 aliphatic carbocycles. The number of carbonyl (C=O) groups is 1. The molecule has 0 radical (unpaired) electrons. The van der Waals surface area contributed by atoms with E-state index in [1.54, 1.807) is 4.90 Å². The highest BCUT2D eigenvalue weighted by Gasteiger charge is 2.31. The van der Waals surface area contributed by atoms with Crippen LogP contribution in [0.3, 0.4) is 0 Å². The third kappa shape index (κ3) is 4.00. The van der Waals surface area contributed by atoms with Crippen molar-refractivity contribution in [2.45, 2.75) is 19.9 Å². The zero-order valence-electron chi connectivity index (χ0n) is 10.7. The van der Waals surface area contributed by atoms with Gasteiger partial charge in [0.2, 0.25) is 15.9 Å². The van der Waals surface area contributed by atoms with Gasteiger partial charge in [-0.25, -0.2) is 13.6 Å². The molecule has 1 saturated heterocycles. The molecule has 2 heterocycles. The van der Waals surface area contributed by atoms with E-state index in [1.807, 2.05) is 25.1 Å². The molecular weight excluding hydrogens is 266 g/mol. The number of hydrogen-bond donors (Lipinski definition) is 1. The summed E-state index contributed by atoms with van der Waals surface area (Å²) in [6.45, 7) is 2.73. The van der Waals surface area contributed by atoms with E-state index in [1.165, 1.54) is 0 Å². The number of sulfonamides is 1. The summed E-state index contributed by atoms with van der Waals surface area (Å²) in [4.78, 5) is 17.8. The normalized spacial score (nSPS) is 20.0. The van der Waals surface area contributed by atoms with Crippen LogP contribution in [0.25, 0.3) is 0 Å². The molecule has 0 aromatic carbocycles. The Morgan fingerprint density at radius 3 is 2.84 bits per heavy atom. The number of primary sulfonamides is 1. The molecule has 2 rings (SSSR count). The van der Waals surface area contributed by atoms with Gasteiger partial charge in [-0.2, -0.15) is 0 Å². The highest BCUT2D eigenvalue weighted by Crippen LogP contribution is 2.20. The van der Waals surface area contributed by atoms with Crippen LogP contribution < -0.4 is 5.14 Å². The second kappa shape index (κ2) is 5.26. The fourth-order valence-corrected chi connectivity index (χ4v) is 3.21. The summed E-state index contributed by atoms with van der Waals surface area (Å²) >= 11 is 0. The van der Waals surface area contributed by atoms with Crippen LogP contribution in [0.15, 0.2) is 18.2 Å². The average molecular weight is 283 g/mol. The molecular formula is C12H17N3O3S. The van der Waals surface area contributed by atoms with Crippen LogP contribution in [0.2, 0.25) is 0 Å². The van der Waals surface area contributed by atoms with Crippen molar-refractivity contribution in [3.05, 3.63) is 29.6 Å². The smallest absolute Gasteiger partial charge is 0.223 e. The number of nitrogens with zero attached hydrogens (tertiary/aromatic N) is 2. The van der Waals surface area contributed by atoms with E-state index in [9.17, 15) is 13.2 Å². The zero-order chi connectivity index (χ0) is 14.0. The lowest BCUT2D eigenvalue weighted by atomic mass is 10.1. The number of amides is 1. The molecule has 1 atom stereocenters. The predicted molar refractivity (Wildman–Crippen MR) is 70.5 cm³/mol. The summed E-state index contributed by atoms with van der Waals surface area (Å²) in [6, 6.07) is 5.63. The molecule has 1 fully saturated rings. The van der Waals surface area contributed by atoms with Gasteiger partial charge in [-0.3, -0.25) is 9.78 Å². The van der Waals surface area contributed by atoms with Crippen LogP contribution in [-0.4, -0.2) is 36.5 Å². The van der Waals surface area contributed by atoms with Crippen LogP contribution in [0, 0.1) is 12.8 Å². The topological polar surface area (TPSA) is 93.4 Å². The summed E-state index contributed by atoms with van der Waals surface area (Å²) in [5.41, 5.74) is 1.70. The Morgan fingerprint density at radius 1 is 1.47 bits per heavy atom. The minimum absolute atomic E-state index is 0.0445. The van der Waals surface area contributed by atoms with Crippen molar-refractivity contribution < 1.29 is 13.2 Å². The van der Waals surface area contributed by atoms with Gasteiger partial charge in [-0.1, -0.05) is 6.07 Å². The molecule has 19 heavy (non-hydrogen) atoms. The Kier molecular flexibility index (Phi) is 3.86. The first-order valence-electron chi connectivity index (χ1n) is 6.04. The van der Waals surface area contributed by atoms with Crippen molar-refractivity contribution in [2.24, 2.45) is 11.1 Å². The van der Waals surface area contributed by atoms with Gasteiger partial charge >= 0.3 is 0 Å². The van der Waals surface area contributed by atoms with E-state index in [2.05, 4.69) is 4.98 Å². The van der Waals surface area contributed by atoms with Gasteiger partial charge < -0.3 is 4.90 Å². The first-order chi connectivity index (χ1) is 8.83. The van der Waals surface area contributed by atoms with Gasteiger partial charge in [0, 0.05) is 24.6 Å². The average Bonchev–Trinajstić information content (AvgIpc) is 2.56. The first kappa shape index (κ1) is 14.0. The summed E-state index contributed by atoms with van der Waals surface area (Å²) in [7, 11) is -3.53. The van der Waals surface area contributed by atoms with Gasteiger partial charge in [0.25, 0.3) is 0 Å². The third-order valence-electron chi connectivity index (χ3n) is 3.06. The first-order valence-corrected chi connectivity index (χ1v) is 7.76. The lowest BCUT2D eigenvalue weighted by Crippen LogP contribution is -2.27. The van der Waals surface area contributed by atoms with Crippen molar-refractivity contribution in [2.75, 3.05) is 12.3 Å². The quantitative estimate of drug-likeness (QED) is 0.843. The molecule has 1 unspecified atom stereocenters. The number of rotatable bonds is 4. The van der Waals surface area contributed by atoms with Crippen LogP contribution in [0.5, 0.6) is 0 Å². The van der Waals surface area contributed by atoms with Crippen molar-refractivity contribution >= 4 is 15.9 Å². The largest absolute Gasteiger partial charge is 0.336 e. The third-order valence-corrected chi connectivity index (χ3v) is 4.00.